The molecule has 0 radical (unpaired) electrons. The molecule has 1 aliphatic heterocycles. The lowest BCUT2D eigenvalue weighted by Crippen LogP contribution is -2.33. The van der Waals surface area contributed by atoms with Gasteiger partial charge in [0.1, 0.15) is 0 Å². The summed E-state index contributed by atoms with van der Waals surface area (Å²) in [5, 5.41) is 4.94. The van der Waals surface area contributed by atoms with E-state index in [4.69, 9.17) is 0 Å². The summed E-state index contributed by atoms with van der Waals surface area (Å²) >= 11 is 0. The predicted octanol–water partition coefficient (Wildman–Crippen LogP) is 20.4. The summed E-state index contributed by atoms with van der Waals surface area (Å²) < 4.78 is 2.52. The van der Waals surface area contributed by atoms with Crippen LogP contribution in [0.2, 0.25) is 0 Å². The molecule has 1 atom stereocenters. The van der Waals surface area contributed by atoms with Crippen LogP contribution in [0.1, 0.15) is 22.3 Å². The molecule has 79 heavy (non-hydrogen) atoms. The van der Waals surface area contributed by atoms with Gasteiger partial charge in [-0.05, 0) is 155 Å². The van der Waals surface area contributed by atoms with E-state index < -0.39 is 5.41 Å². The van der Waals surface area contributed by atoms with Crippen LogP contribution < -0.4 is 4.90 Å². The first-order valence-electron chi connectivity index (χ1n) is 27.4. The number of hydrogen-bond acceptors (Lipinski definition) is 1. The normalized spacial score (nSPS) is 13.9. The van der Waals surface area contributed by atoms with Crippen molar-refractivity contribution in [2.24, 2.45) is 0 Å². The number of aromatic nitrogens is 1. The minimum absolute atomic E-state index is 0.512. The minimum atomic E-state index is -0.512. The van der Waals surface area contributed by atoms with E-state index >= 15 is 0 Å². The van der Waals surface area contributed by atoms with Crippen LogP contribution in [0, 0.1) is 0 Å². The van der Waals surface area contributed by atoms with Gasteiger partial charge >= 0.3 is 0 Å². The van der Waals surface area contributed by atoms with Crippen LogP contribution in [-0.2, 0) is 5.41 Å². The minimum Gasteiger partial charge on any atom is -0.310 e. The van der Waals surface area contributed by atoms with Crippen LogP contribution in [-0.4, -0.2) is 4.57 Å². The van der Waals surface area contributed by atoms with Crippen molar-refractivity contribution in [3.63, 3.8) is 0 Å². The Labute approximate surface area is 460 Å². The van der Waals surface area contributed by atoms with Crippen molar-refractivity contribution in [1.82, 2.24) is 4.57 Å². The van der Waals surface area contributed by atoms with Gasteiger partial charge in [0, 0.05) is 27.7 Å². The maximum absolute atomic E-state index is 2.52. The Morgan fingerprint density at radius 2 is 0.759 bits per heavy atom. The fourth-order valence-corrected chi connectivity index (χ4v) is 13.4. The highest BCUT2D eigenvalue weighted by molar-refractivity contribution is 6.13. The zero-order valence-electron chi connectivity index (χ0n) is 43.3. The summed E-state index contributed by atoms with van der Waals surface area (Å²) in [5.74, 6) is 0. The fourth-order valence-electron chi connectivity index (χ4n) is 13.4. The molecule has 1 unspecified atom stereocenters. The molecule has 2 aliphatic rings. The van der Waals surface area contributed by atoms with Gasteiger partial charge in [0.2, 0.25) is 0 Å². The highest BCUT2D eigenvalue weighted by Gasteiger charge is 2.50. The number of benzene rings is 13. The predicted molar refractivity (Wildman–Crippen MR) is 331 cm³/mol. The van der Waals surface area contributed by atoms with Gasteiger partial charge in [-0.2, -0.15) is 0 Å². The maximum atomic E-state index is 2.52. The van der Waals surface area contributed by atoms with E-state index in [9.17, 15) is 0 Å². The van der Waals surface area contributed by atoms with E-state index in [0.717, 1.165) is 28.2 Å². The zero-order chi connectivity index (χ0) is 52.0. The Morgan fingerprint density at radius 1 is 0.266 bits per heavy atom. The molecular formula is C77H50N2. The van der Waals surface area contributed by atoms with Crippen LogP contribution in [0.5, 0.6) is 0 Å². The molecule has 0 bridgehead atoms. The smallest absolute Gasteiger partial charge is 0.0754 e. The lowest BCUT2D eigenvalue weighted by atomic mass is 9.65. The average molecular weight is 1000 g/mol. The summed E-state index contributed by atoms with van der Waals surface area (Å²) in [5.41, 5.74) is 26.4. The van der Waals surface area contributed by atoms with Crippen LogP contribution in [0.4, 0.5) is 17.1 Å². The van der Waals surface area contributed by atoms with Crippen molar-refractivity contribution in [2.75, 3.05) is 4.90 Å². The summed E-state index contributed by atoms with van der Waals surface area (Å²) in [6, 6.07) is 112. The summed E-state index contributed by atoms with van der Waals surface area (Å²) in [4.78, 5) is 2.43. The van der Waals surface area contributed by atoms with Crippen molar-refractivity contribution in [3.05, 3.63) is 326 Å². The molecule has 0 fully saturated rings. The first-order chi connectivity index (χ1) is 39.2. The van der Waals surface area contributed by atoms with Gasteiger partial charge in [0.05, 0.1) is 27.8 Å². The van der Waals surface area contributed by atoms with Crippen molar-refractivity contribution < 1.29 is 0 Å². The first-order valence-corrected chi connectivity index (χ1v) is 27.4. The number of para-hydroxylation sites is 4. The fraction of sp³-hybridized carbons (Fsp3) is 0.0130. The van der Waals surface area contributed by atoms with Gasteiger partial charge in [0.25, 0.3) is 0 Å². The SMILES string of the molecule is c1ccc(-c2ccc(-c3ccc(N(c4ccc5cc(-c6ccc7c(c6)C6(c8ccccc8-7)c7ccccc7-n7c8ccccc8c8cccc6c87)ccc5c4)c4ccccc4-c4cccc(-c5ccccc5)c4)cc3)cc2)cc1. The number of fused-ring (bicyclic) bond motifs is 13. The van der Waals surface area contributed by atoms with E-state index in [0.29, 0.717) is 0 Å². The molecule has 2 heteroatoms. The van der Waals surface area contributed by atoms with Crippen LogP contribution >= 0.6 is 0 Å². The molecular weight excluding hydrogens is 953 g/mol. The van der Waals surface area contributed by atoms with Gasteiger partial charge in [-0.25, -0.2) is 0 Å². The molecule has 368 valence electrons. The lowest BCUT2D eigenvalue weighted by molar-refractivity contribution is 0.749. The largest absolute Gasteiger partial charge is 0.310 e. The molecule has 14 aromatic rings. The van der Waals surface area contributed by atoms with Gasteiger partial charge in [0.15, 0.2) is 0 Å². The highest BCUT2D eigenvalue weighted by Crippen LogP contribution is 2.61. The van der Waals surface area contributed by atoms with E-state index in [1.54, 1.807) is 0 Å². The van der Waals surface area contributed by atoms with Crippen LogP contribution in [0.25, 0.3) is 105 Å². The molecule has 0 saturated carbocycles. The monoisotopic (exact) mass is 1000 g/mol. The standard InChI is InChI=1S/C77H50N2/c1-3-17-51(18-4-1)53-33-35-54(36-34-53)55-39-43-62(44-40-55)78(73-30-12-8-23-64(73)61-22-15-21-56(48-61)52-19-5-2-6-20-52)63-45-41-58-47-57(37-38-59(58)49-63)60-42-46-66-65-24-7-10-27-69(65)77(72(66)50-60)70-28-11-14-32-75(70)79-74-31-13-9-25-67(74)68-26-16-29-71(77)76(68)79/h1-50H. The Morgan fingerprint density at radius 3 is 1.56 bits per heavy atom. The molecule has 2 heterocycles. The molecule has 16 rings (SSSR count). The quantitative estimate of drug-likeness (QED) is 0.147. The van der Waals surface area contributed by atoms with Crippen molar-refractivity contribution in [3.8, 4) is 72.4 Å². The maximum Gasteiger partial charge on any atom is 0.0754 e. The number of rotatable bonds is 8. The second kappa shape index (κ2) is 17.9. The van der Waals surface area contributed by atoms with Crippen molar-refractivity contribution >= 4 is 49.6 Å². The first kappa shape index (κ1) is 45.0. The third kappa shape index (κ3) is 6.98. The molecule has 1 aromatic heterocycles. The number of nitrogens with zero attached hydrogens (tertiary/aromatic N) is 2. The highest BCUT2D eigenvalue weighted by atomic mass is 15.1. The molecule has 0 amide bonds. The summed E-state index contributed by atoms with van der Waals surface area (Å²) in [6.07, 6.45) is 0. The van der Waals surface area contributed by atoms with Crippen molar-refractivity contribution in [2.45, 2.75) is 5.41 Å². The van der Waals surface area contributed by atoms with E-state index in [2.05, 4.69) is 313 Å². The number of anilines is 3. The molecule has 1 spiro atoms. The molecule has 13 aromatic carbocycles. The average Bonchev–Trinajstić information content (AvgIpc) is 4.25. The molecule has 0 N–H and O–H groups in total. The summed E-state index contributed by atoms with van der Waals surface area (Å²) in [6.45, 7) is 0. The van der Waals surface area contributed by atoms with E-state index in [-0.39, 0.29) is 0 Å². The van der Waals surface area contributed by atoms with Crippen LogP contribution in [0.15, 0.2) is 303 Å². The molecule has 0 saturated heterocycles. The van der Waals surface area contributed by atoms with Crippen LogP contribution in [0.3, 0.4) is 0 Å². The zero-order valence-corrected chi connectivity index (χ0v) is 43.3. The number of hydrogen-bond donors (Lipinski definition) is 0. The van der Waals surface area contributed by atoms with Gasteiger partial charge in [-0.3, -0.25) is 0 Å². The van der Waals surface area contributed by atoms with Gasteiger partial charge in [-0.15, -0.1) is 0 Å². The second-order valence-corrected chi connectivity index (χ2v) is 21.2. The Kier molecular flexibility index (Phi) is 10.2. The second-order valence-electron chi connectivity index (χ2n) is 21.2. The molecule has 1 aliphatic carbocycles. The third-order valence-electron chi connectivity index (χ3n) is 17.0. The third-order valence-corrected chi connectivity index (χ3v) is 17.0. The Bertz CT molecular complexity index is 4700. The lowest BCUT2D eigenvalue weighted by Gasteiger charge is -2.39. The summed E-state index contributed by atoms with van der Waals surface area (Å²) in [7, 11) is 0. The van der Waals surface area contributed by atoms with E-state index in [1.165, 1.54) is 116 Å². The molecule has 2 nitrogen and oxygen atoms in total. The van der Waals surface area contributed by atoms with Gasteiger partial charge in [-0.1, -0.05) is 243 Å². The van der Waals surface area contributed by atoms with E-state index in [1.807, 2.05) is 0 Å². The van der Waals surface area contributed by atoms with Crippen molar-refractivity contribution in [1.29, 1.82) is 0 Å². The Balaban J connectivity index is 0.816. The van der Waals surface area contributed by atoms with Gasteiger partial charge < -0.3 is 9.47 Å². The topological polar surface area (TPSA) is 8.17 Å². The Hall–Kier alpha value is -10.3.